The van der Waals surface area contributed by atoms with Gasteiger partial charge in [0.15, 0.2) is 6.10 Å². The molecule has 0 aromatic heterocycles. The van der Waals surface area contributed by atoms with E-state index in [-0.39, 0.29) is 24.4 Å². The molecule has 2 unspecified atom stereocenters. The molecular formula is C16H24N2O4S. The maximum Gasteiger partial charge on any atom is 0.263 e. The van der Waals surface area contributed by atoms with E-state index in [1.165, 1.54) is 4.31 Å². The van der Waals surface area contributed by atoms with E-state index >= 15 is 0 Å². The number of hydrogen-bond acceptors (Lipinski definition) is 4. The monoisotopic (exact) mass is 340 g/mol. The molecule has 0 fully saturated rings. The van der Waals surface area contributed by atoms with Gasteiger partial charge < -0.3 is 10.1 Å². The van der Waals surface area contributed by atoms with Gasteiger partial charge >= 0.3 is 0 Å². The van der Waals surface area contributed by atoms with Gasteiger partial charge in [0.25, 0.3) is 5.91 Å². The number of carbonyl (C=O) groups excluding carboxylic acids is 1. The Morgan fingerprint density at radius 2 is 2.00 bits per heavy atom. The largest absolute Gasteiger partial charge is 0.476 e. The summed E-state index contributed by atoms with van der Waals surface area (Å²) in [6.45, 7) is 7.80. The Morgan fingerprint density at radius 1 is 1.35 bits per heavy atom. The lowest BCUT2D eigenvalue weighted by Gasteiger charge is -2.34. The number of amides is 1. The molecule has 2 rings (SSSR count). The third kappa shape index (κ3) is 3.96. The molecule has 0 aliphatic carbocycles. The van der Waals surface area contributed by atoms with Gasteiger partial charge in [-0.15, -0.1) is 0 Å². The Hall–Kier alpha value is -1.76. The molecule has 1 N–H and O–H groups in total. The molecular weight excluding hydrogens is 316 g/mol. The summed E-state index contributed by atoms with van der Waals surface area (Å²) < 4.78 is 31.1. The van der Waals surface area contributed by atoms with Gasteiger partial charge in [0.05, 0.1) is 18.5 Å². The van der Waals surface area contributed by atoms with Gasteiger partial charge in [0, 0.05) is 6.04 Å². The Balaban J connectivity index is 2.31. The van der Waals surface area contributed by atoms with Crippen LogP contribution >= 0.6 is 0 Å². The van der Waals surface area contributed by atoms with Crippen LogP contribution in [0, 0.1) is 12.8 Å². The first-order valence-corrected chi connectivity index (χ1v) is 9.50. The lowest BCUT2D eigenvalue weighted by Crippen LogP contribution is -2.52. The number of nitrogens with zero attached hydrogens (tertiary/aromatic N) is 1. The molecule has 1 aliphatic rings. The minimum absolute atomic E-state index is 0.0170. The average Bonchev–Trinajstić information content (AvgIpc) is 2.44. The fourth-order valence-corrected chi connectivity index (χ4v) is 3.21. The molecule has 128 valence electrons. The summed E-state index contributed by atoms with van der Waals surface area (Å²) in [7, 11) is -3.49. The summed E-state index contributed by atoms with van der Waals surface area (Å²) in [6, 6.07) is 5.26. The average molecular weight is 340 g/mol. The summed E-state index contributed by atoms with van der Waals surface area (Å²) in [5.74, 6) is 0.397. The highest BCUT2D eigenvalue weighted by Crippen LogP contribution is 2.35. The number of fused-ring (bicyclic) bond motifs is 1. The van der Waals surface area contributed by atoms with Gasteiger partial charge in [0.1, 0.15) is 5.75 Å². The van der Waals surface area contributed by atoms with Crippen LogP contribution in [-0.2, 0) is 14.8 Å². The van der Waals surface area contributed by atoms with Crippen LogP contribution < -0.4 is 14.4 Å². The van der Waals surface area contributed by atoms with Crippen molar-refractivity contribution < 1.29 is 17.9 Å². The van der Waals surface area contributed by atoms with Crippen LogP contribution in [0.15, 0.2) is 18.2 Å². The van der Waals surface area contributed by atoms with Crippen molar-refractivity contribution >= 4 is 21.6 Å². The predicted molar refractivity (Wildman–Crippen MR) is 90.2 cm³/mol. The maximum absolute atomic E-state index is 12.4. The molecule has 0 saturated carbocycles. The standard InChI is InChI=1S/C16H24N2O4S/c1-10(2)12(4)17-16(19)15-9-18(23(5,20)21)13-7-6-11(3)8-14(13)22-15/h6-8,10,12,15H,9H2,1-5H3,(H,17,19). The zero-order valence-electron chi connectivity index (χ0n) is 14.2. The highest BCUT2D eigenvalue weighted by molar-refractivity contribution is 7.92. The van der Waals surface area contributed by atoms with Gasteiger partial charge in [-0.2, -0.15) is 0 Å². The molecule has 1 amide bonds. The number of hydrogen-bond donors (Lipinski definition) is 1. The van der Waals surface area contributed by atoms with Crippen LogP contribution in [0.3, 0.4) is 0 Å². The molecule has 1 aromatic carbocycles. The zero-order chi connectivity index (χ0) is 17.4. The Morgan fingerprint density at radius 3 is 2.57 bits per heavy atom. The minimum atomic E-state index is -3.49. The van der Waals surface area contributed by atoms with Crippen molar-refractivity contribution in [1.82, 2.24) is 5.32 Å². The predicted octanol–water partition coefficient (Wildman–Crippen LogP) is 1.68. The molecule has 1 heterocycles. The quantitative estimate of drug-likeness (QED) is 0.905. The lowest BCUT2D eigenvalue weighted by atomic mass is 10.1. The Labute approximate surface area is 137 Å². The third-order valence-electron chi connectivity index (χ3n) is 4.05. The third-order valence-corrected chi connectivity index (χ3v) is 5.19. The van der Waals surface area contributed by atoms with Gasteiger partial charge in [-0.1, -0.05) is 19.9 Å². The molecule has 0 saturated heterocycles. The topological polar surface area (TPSA) is 75.7 Å². The van der Waals surface area contributed by atoms with Gasteiger partial charge in [-0.3, -0.25) is 9.10 Å². The van der Waals surface area contributed by atoms with E-state index < -0.39 is 16.1 Å². The normalized spacial score (nSPS) is 19.0. The SMILES string of the molecule is Cc1ccc2c(c1)OC(C(=O)NC(C)C(C)C)CN2S(C)(=O)=O. The first kappa shape index (κ1) is 17.6. The van der Waals surface area contributed by atoms with E-state index in [2.05, 4.69) is 5.32 Å². The summed E-state index contributed by atoms with van der Waals surface area (Å²) in [6.07, 6.45) is 0.272. The van der Waals surface area contributed by atoms with E-state index in [0.717, 1.165) is 11.8 Å². The van der Waals surface area contributed by atoms with Crippen molar-refractivity contribution in [3.63, 3.8) is 0 Å². The van der Waals surface area contributed by atoms with Crippen molar-refractivity contribution in [1.29, 1.82) is 0 Å². The molecule has 0 spiro atoms. The van der Waals surface area contributed by atoms with Crippen LogP contribution in [0.5, 0.6) is 5.75 Å². The molecule has 0 bridgehead atoms. The summed E-state index contributed by atoms with van der Waals surface area (Å²) in [5, 5.41) is 2.88. The second-order valence-corrected chi connectivity index (χ2v) is 8.32. The molecule has 2 atom stereocenters. The van der Waals surface area contributed by atoms with Gasteiger partial charge in [-0.25, -0.2) is 8.42 Å². The summed E-state index contributed by atoms with van der Waals surface area (Å²) >= 11 is 0. The molecule has 1 aliphatic heterocycles. The van der Waals surface area contributed by atoms with E-state index in [4.69, 9.17) is 4.74 Å². The van der Waals surface area contributed by atoms with Crippen LogP contribution in [0.4, 0.5) is 5.69 Å². The Kier molecular flexibility index (Phi) is 4.89. The summed E-state index contributed by atoms with van der Waals surface area (Å²) in [4.78, 5) is 12.4. The highest BCUT2D eigenvalue weighted by atomic mass is 32.2. The van der Waals surface area contributed by atoms with Crippen molar-refractivity contribution in [2.75, 3.05) is 17.1 Å². The highest BCUT2D eigenvalue weighted by Gasteiger charge is 2.35. The number of benzene rings is 1. The molecule has 23 heavy (non-hydrogen) atoms. The minimum Gasteiger partial charge on any atom is -0.476 e. The number of nitrogens with one attached hydrogen (secondary N) is 1. The van der Waals surface area contributed by atoms with E-state index in [0.29, 0.717) is 11.4 Å². The number of ether oxygens (including phenoxy) is 1. The molecule has 6 nitrogen and oxygen atoms in total. The van der Waals surface area contributed by atoms with Crippen molar-refractivity contribution in [2.45, 2.75) is 39.8 Å². The van der Waals surface area contributed by atoms with Crippen molar-refractivity contribution in [3.05, 3.63) is 23.8 Å². The van der Waals surface area contributed by atoms with E-state index in [1.54, 1.807) is 12.1 Å². The maximum atomic E-state index is 12.4. The number of aryl methyl sites for hydroxylation is 1. The fraction of sp³-hybridized carbons (Fsp3) is 0.562. The number of anilines is 1. The van der Waals surface area contributed by atoms with Crippen LogP contribution in [-0.4, -0.2) is 39.3 Å². The van der Waals surface area contributed by atoms with E-state index in [1.807, 2.05) is 33.8 Å². The smallest absolute Gasteiger partial charge is 0.263 e. The first-order chi connectivity index (χ1) is 10.6. The van der Waals surface area contributed by atoms with Crippen LogP contribution in [0.1, 0.15) is 26.3 Å². The molecule has 1 aromatic rings. The van der Waals surface area contributed by atoms with Crippen LogP contribution in [0.25, 0.3) is 0 Å². The van der Waals surface area contributed by atoms with Crippen molar-refractivity contribution in [2.24, 2.45) is 5.92 Å². The van der Waals surface area contributed by atoms with E-state index in [9.17, 15) is 13.2 Å². The zero-order valence-corrected chi connectivity index (χ0v) is 15.0. The summed E-state index contributed by atoms with van der Waals surface area (Å²) in [5.41, 5.74) is 1.41. The number of carbonyl (C=O) groups is 1. The first-order valence-electron chi connectivity index (χ1n) is 7.65. The van der Waals surface area contributed by atoms with Crippen LogP contribution in [0.2, 0.25) is 0 Å². The van der Waals surface area contributed by atoms with Gasteiger partial charge in [0.2, 0.25) is 10.0 Å². The Bertz CT molecular complexity index is 700. The second kappa shape index (κ2) is 6.39. The second-order valence-electron chi connectivity index (χ2n) is 6.41. The number of sulfonamides is 1. The van der Waals surface area contributed by atoms with Crippen molar-refractivity contribution in [3.8, 4) is 5.75 Å². The number of rotatable bonds is 4. The van der Waals surface area contributed by atoms with Gasteiger partial charge in [-0.05, 0) is 37.5 Å². The lowest BCUT2D eigenvalue weighted by molar-refractivity contribution is -0.128. The fourth-order valence-electron chi connectivity index (χ4n) is 2.30. The molecule has 7 heteroatoms. The molecule has 0 radical (unpaired) electrons.